The molecule has 0 amide bonds. The average molecular weight is 380 g/mol. The molecule has 0 aliphatic rings. The van der Waals surface area contributed by atoms with Crippen LogP contribution in [0.5, 0.6) is 5.75 Å². The molecule has 0 radical (unpaired) electrons. The lowest BCUT2D eigenvalue weighted by molar-refractivity contribution is 0.414. The molecule has 7 heteroatoms. The van der Waals surface area contributed by atoms with Gasteiger partial charge in [-0.05, 0) is 44.2 Å². The van der Waals surface area contributed by atoms with Crippen LogP contribution in [-0.2, 0) is 0 Å². The monoisotopic (exact) mass is 380 g/mol. The quantitative estimate of drug-likeness (QED) is 0.526. The van der Waals surface area contributed by atoms with E-state index in [0.29, 0.717) is 10.4 Å². The third-order valence-corrected chi connectivity index (χ3v) is 5.82. The summed E-state index contributed by atoms with van der Waals surface area (Å²) in [7, 11) is 1.61. The van der Waals surface area contributed by atoms with Crippen LogP contribution in [0.4, 0.5) is 5.69 Å². The number of ether oxygens (including phenoxy) is 1. The van der Waals surface area contributed by atoms with Crippen molar-refractivity contribution in [2.45, 2.75) is 13.8 Å². The molecule has 0 fully saturated rings. The minimum absolute atomic E-state index is 0.133. The highest BCUT2D eigenvalue weighted by Crippen LogP contribution is 2.36. The number of hydrogen-bond acceptors (Lipinski definition) is 6. The molecule has 0 aliphatic heterocycles. The highest BCUT2D eigenvalue weighted by Gasteiger charge is 2.17. The van der Waals surface area contributed by atoms with Crippen LogP contribution >= 0.6 is 11.3 Å². The fourth-order valence-electron chi connectivity index (χ4n) is 3.31. The molecule has 4 aromatic rings. The van der Waals surface area contributed by atoms with Crippen molar-refractivity contribution in [1.82, 2.24) is 14.8 Å². The largest absolute Gasteiger partial charge is 0.497 e. The molecule has 1 aromatic carbocycles. The third kappa shape index (κ3) is 2.84. The molecular weight excluding hydrogens is 360 g/mol. The number of hydrogen-bond donors (Lipinski definition) is 0. The lowest BCUT2D eigenvalue weighted by Gasteiger charge is -2.21. The van der Waals surface area contributed by atoms with Crippen molar-refractivity contribution < 1.29 is 4.74 Å². The molecular formula is C20H20N4O2S. The number of thiophene rings is 1. The van der Waals surface area contributed by atoms with Gasteiger partial charge in [0.05, 0.1) is 19.0 Å². The van der Waals surface area contributed by atoms with Crippen LogP contribution in [0.25, 0.3) is 26.0 Å². The first-order chi connectivity index (χ1) is 13.2. The van der Waals surface area contributed by atoms with Gasteiger partial charge in [0.2, 0.25) is 0 Å². The van der Waals surface area contributed by atoms with Gasteiger partial charge in [0, 0.05) is 35.7 Å². The van der Waals surface area contributed by atoms with Crippen molar-refractivity contribution in [3.05, 3.63) is 53.1 Å². The zero-order valence-corrected chi connectivity index (χ0v) is 16.3. The van der Waals surface area contributed by atoms with Gasteiger partial charge in [-0.25, -0.2) is 4.98 Å². The van der Waals surface area contributed by atoms with E-state index >= 15 is 0 Å². The summed E-state index contributed by atoms with van der Waals surface area (Å²) in [5.74, 6) is 0.739. The summed E-state index contributed by atoms with van der Waals surface area (Å²) in [5.41, 5.74) is 1.67. The van der Waals surface area contributed by atoms with E-state index in [1.54, 1.807) is 19.5 Å². The zero-order chi connectivity index (χ0) is 19.0. The maximum absolute atomic E-state index is 13.1. The van der Waals surface area contributed by atoms with Crippen LogP contribution in [0.2, 0.25) is 0 Å². The van der Waals surface area contributed by atoms with E-state index in [0.717, 1.165) is 40.1 Å². The van der Waals surface area contributed by atoms with Crippen molar-refractivity contribution in [1.29, 1.82) is 0 Å². The summed E-state index contributed by atoms with van der Waals surface area (Å²) >= 11 is 1.42. The van der Waals surface area contributed by atoms with Crippen molar-refractivity contribution in [2.24, 2.45) is 0 Å². The Labute approximate surface area is 160 Å². The Morgan fingerprint density at radius 2 is 1.89 bits per heavy atom. The van der Waals surface area contributed by atoms with Crippen molar-refractivity contribution in [3.8, 4) is 11.4 Å². The van der Waals surface area contributed by atoms with Crippen LogP contribution in [0.1, 0.15) is 13.8 Å². The molecule has 3 heterocycles. The first-order valence-corrected chi connectivity index (χ1v) is 9.68. The van der Waals surface area contributed by atoms with E-state index in [4.69, 9.17) is 4.74 Å². The lowest BCUT2D eigenvalue weighted by Crippen LogP contribution is -2.22. The molecule has 0 saturated heterocycles. The van der Waals surface area contributed by atoms with Gasteiger partial charge in [0.1, 0.15) is 15.3 Å². The highest BCUT2D eigenvalue weighted by molar-refractivity contribution is 7.25. The summed E-state index contributed by atoms with van der Waals surface area (Å²) in [6.45, 7) is 6.03. The number of methoxy groups -OCH3 is 1. The fourth-order valence-corrected chi connectivity index (χ4v) is 4.37. The van der Waals surface area contributed by atoms with Crippen LogP contribution < -0.4 is 15.2 Å². The number of benzene rings is 1. The SMILES string of the molecule is CCN(CC)c1ccnc2sc3c(=O)n(-c4ccc(OC)cc4)ncc3c12. The van der Waals surface area contributed by atoms with Crippen LogP contribution in [0.3, 0.4) is 0 Å². The van der Waals surface area contributed by atoms with Crippen molar-refractivity contribution in [3.63, 3.8) is 0 Å². The van der Waals surface area contributed by atoms with E-state index in [-0.39, 0.29) is 5.56 Å². The first kappa shape index (κ1) is 17.5. The highest BCUT2D eigenvalue weighted by atomic mass is 32.1. The molecule has 0 unspecified atom stereocenters. The van der Waals surface area contributed by atoms with Gasteiger partial charge in [0.15, 0.2) is 0 Å². The van der Waals surface area contributed by atoms with Gasteiger partial charge in [-0.15, -0.1) is 11.3 Å². The molecule has 0 aliphatic carbocycles. The van der Waals surface area contributed by atoms with Crippen molar-refractivity contribution >= 4 is 37.3 Å². The molecule has 6 nitrogen and oxygen atoms in total. The molecule has 0 atom stereocenters. The summed E-state index contributed by atoms with van der Waals surface area (Å²) < 4.78 is 7.28. The number of pyridine rings is 1. The van der Waals surface area contributed by atoms with Gasteiger partial charge in [-0.3, -0.25) is 4.79 Å². The molecule has 0 N–H and O–H groups in total. The standard InChI is InChI=1S/C20H20N4O2S/c1-4-23(5-2)16-10-11-21-19-17(16)15-12-22-24(20(25)18(15)27-19)13-6-8-14(26-3)9-7-13/h6-12H,4-5H2,1-3H3. The predicted octanol–water partition coefficient (Wildman–Crippen LogP) is 3.85. The van der Waals surface area contributed by atoms with Gasteiger partial charge in [-0.1, -0.05) is 0 Å². The zero-order valence-electron chi connectivity index (χ0n) is 15.5. The summed E-state index contributed by atoms with van der Waals surface area (Å²) in [5, 5.41) is 6.30. The Hall–Kier alpha value is -2.93. The van der Waals surface area contributed by atoms with Crippen LogP contribution in [0, 0.1) is 0 Å². The molecule has 138 valence electrons. The van der Waals surface area contributed by atoms with E-state index in [2.05, 4.69) is 28.8 Å². The van der Waals surface area contributed by atoms with E-state index in [1.807, 2.05) is 30.3 Å². The van der Waals surface area contributed by atoms with E-state index in [9.17, 15) is 4.79 Å². The Balaban J connectivity index is 1.95. The average Bonchev–Trinajstić information content (AvgIpc) is 3.10. The maximum atomic E-state index is 13.1. The second-order valence-electron chi connectivity index (χ2n) is 6.09. The van der Waals surface area contributed by atoms with Crippen LogP contribution in [-0.4, -0.2) is 35.0 Å². The Morgan fingerprint density at radius 3 is 2.56 bits per heavy atom. The second-order valence-corrected chi connectivity index (χ2v) is 7.09. The summed E-state index contributed by atoms with van der Waals surface area (Å²) in [6, 6.07) is 9.30. The number of nitrogens with zero attached hydrogens (tertiary/aromatic N) is 4. The summed E-state index contributed by atoms with van der Waals surface area (Å²) in [4.78, 5) is 20.7. The predicted molar refractivity (Wildman–Crippen MR) is 111 cm³/mol. The minimum atomic E-state index is -0.133. The van der Waals surface area contributed by atoms with Crippen molar-refractivity contribution in [2.75, 3.05) is 25.1 Å². The summed E-state index contributed by atoms with van der Waals surface area (Å²) in [6.07, 6.45) is 3.58. The molecule has 4 rings (SSSR count). The van der Waals surface area contributed by atoms with Crippen LogP contribution in [0.15, 0.2) is 47.5 Å². The van der Waals surface area contributed by atoms with Gasteiger partial charge in [-0.2, -0.15) is 9.78 Å². The van der Waals surface area contributed by atoms with E-state index in [1.165, 1.54) is 16.0 Å². The molecule has 0 spiro atoms. The number of rotatable bonds is 5. The lowest BCUT2D eigenvalue weighted by atomic mass is 10.2. The Morgan fingerprint density at radius 1 is 1.15 bits per heavy atom. The maximum Gasteiger partial charge on any atom is 0.289 e. The number of fused-ring (bicyclic) bond motifs is 3. The normalized spacial score (nSPS) is 11.2. The molecule has 0 saturated carbocycles. The number of aromatic nitrogens is 3. The smallest absolute Gasteiger partial charge is 0.289 e. The first-order valence-electron chi connectivity index (χ1n) is 8.86. The fraction of sp³-hybridized carbons (Fsp3) is 0.250. The molecule has 3 aromatic heterocycles. The van der Waals surface area contributed by atoms with Gasteiger partial charge >= 0.3 is 0 Å². The van der Waals surface area contributed by atoms with Gasteiger partial charge < -0.3 is 9.64 Å². The number of anilines is 1. The topological polar surface area (TPSA) is 60.2 Å². The Kier molecular flexibility index (Phi) is 4.53. The molecule has 0 bridgehead atoms. The minimum Gasteiger partial charge on any atom is -0.497 e. The van der Waals surface area contributed by atoms with E-state index < -0.39 is 0 Å². The Bertz CT molecular complexity index is 1160. The second kappa shape index (κ2) is 7.00. The molecule has 27 heavy (non-hydrogen) atoms. The third-order valence-electron chi connectivity index (χ3n) is 4.72. The van der Waals surface area contributed by atoms with Gasteiger partial charge in [0.25, 0.3) is 5.56 Å².